The number of unbranched alkanes of at least 4 members (excludes halogenated alkanes) is 6. The molecule has 0 bridgehead atoms. The molecule has 3 unspecified atom stereocenters. The van der Waals surface area contributed by atoms with Crippen LogP contribution in [-0.4, -0.2) is 16.8 Å². The summed E-state index contributed by atoms with van der Waals surface area (Å²) in [5.41, 5.74) is -10.7. The maximum atomic E-state index is 11.4. The van der Waals surface area contributed by atoms with Crippen LogP contribution in [0.15, 0.2) is 0 Å². The third kappa shape index (κ3) is 31.0. The molecule has 0 aliphatic rings. The largest absolute Gasteiger partial charge is 6.00 e. The first kappa shape index (κ1) is 56.2. The van der Waals surface area contributed by atoms with Crippen LogP contribution in [0.4, 0.5) is 0 Å². The van der Waals surface area contributed by atoms with E-state index in [0.717, 1.165) is 77.0 Å². The fourth-order valence-corrected chi connectivity index (χ4v) is 10.5. The molecule has 0 radical (unpaired) electrons. The maximum Gasteiger partial charge on any atom is 6.00 e. The van der Waals surface area contributed by atoms with Crippen LogP contribution in [0, 0.1) is 0 Å². The quantitative estimate of drug-likeness (QED) is 0.0400. The Balaban J connectivity index is -0.000000285. The summed E-state index contributed by atoms with van der Waals surface area (Å²) in [7, 11) is 0. The zero-order chi connectivity index (χ0) is 35.8. The summed E-state index contributed by atoms with van der Waals surface area (Å²) < 4.78 is 16.4. The Morgan fingerprint density at radius 1 is 0.435 bits per heavy atom. The zero-order valence-corrected chi connectivity index (χ0v) is 39.5. The second kappa shape index (κ2) is 29.9. The molecule has 0 aromatic rings. The topological polar surface area (TPSA) is 96.9 Å². The molecule has 0 N–H and O–H groups in total. The predicted molar refractivity (Wildman–Crippen MR) is 211 cm³/mol. The standard InChI is InChI=1S/3C10H23O2PS2.Mo/c3*1-4-7-8-9-10(5-2,6-3)12-13(11,14)15;/h3*4-9H2,1-3H3,(H2,11,14,15);/q;;;+6/p-6. The molecule has 0 spiro atoms. The summed E-state index contributed by atoms with van der Waals surface area (Å²) in [4.78, 5) is 34.2. The Labute approximate surface area is 330 Å². The van der Waals surface area contributed by atoms with E-state index in [1.54, 1.807) is 0 Å². The first-order valence-corrected chi connectivity index (χ1v) is 27.8. The molecule has 0 fully saturated rings. The van der Waals surface area contributed by atoms with Crippen molar-refractivity contribution in [3.8, 4) is 0 Å². The van der Waals surface area contributed by atoms with Gasteiger partial charge in [0.2, 0.25) is 0 Å². The molecule has 0 aromatic heterocycles. The van der Waals surface area contributed by atoms with E-state index in [0.29, 0.717) is 0 Å². The van der Waals surface area contributed by atoms with Gasteiger partial charge in [-0.15, -0.1) is 52.5 Å². The van der Waals surface area contributed by atoms with E-state index in [1.165, 1.54) is 38.5 Å². The summed E-state index contributed by atoms with van der Waals surface area (Å²) in [6.45, 7) is 18.7. The molecule has 0 saturated heterocycles. The van der Waals surface area contributed by atoms with E-state index in [2.05, 4.69) is 20.8 Å². The van der Waals surface area contributed by atoms with Crippen LogP contribution in [0.3, 0.4) is 0 Å². The minimum absolute atomic E-state index is 0. The number of rotatable bonds is 24. The fourth-order valence-electron chi connectivity index (χ4n) is 5.14. The van der Waals surface area contributed by atoms with Gasteiger partial charge in [-0.05, 0) is 57.8 Å². The van der Waals surface area contributed by atoms with Crippen LogP contribution < -0.4 is 14.7 Å². The summed E-state index contributed by atoms with van der Waals surface area (Å²) in [5, 5.41) is 0. The van der Waals surface area contributed by atoms with Crippen LogP contribution in [0.2, 0.25) is 0 Å². The molecular weight excluding hydrogens is 838 g/mol. The average molecular weight is 901 g/mol. The molecule has 0 amide bonds. The molecule has 276 valence electrons. The molecule has 0 aliphatic carbocycles. The predicted octanol–water partition coefficient (Wildman–Crippen LogP) is 9.82. The van der Waals surface area contributed by atoms with E-state index < -0.39 is 17.1 Å². The molecule has 6 nitrogen and oxygen atoms in total. The van der Waals surface area contributed by atoms with Crippen molar-refractivity contribution in [2.45, 2.75) is 195 Å². The van der Waals surface area contributed by atoms with Crippen molar-refractivity contribution < 1.29 is 49.3 Å². The van der Waals surface area contributed by atoms with Gasteiger partial charge in [-0.3, -0.25) is 0 Å². The molecule has 0 rings (SSSR count). The Kier molecular flexibility index (Phi) is 36.5. The smallest absolute Gasteiger partial charge is 0.819 e. The molecular formula is C30H63MoO6P3S6. The number of hydrogen-bond acceptors (Lipinski definition) is 12. The minimum atomic E-state index is -3.20. The summed E-state index contributed by atoms with van der Waals surface area (Å²) in [6, 6.07) is 0. The summed E-state index contributed by atoms with van der Waals surface area (Å²) >= 11 is 28.2. The maximum absolute atomic E-state index is 11.4. The van der Waals surface area contributed by atoms with E-state index in [9.17, 15) is 14.7 Å². The van der Waals surface area contributed by atoms with Gasteiger partial charge in [0, 0.05) is 0 Å². The van der Waals surface area contributed by atoms with Crippen LogP contribution in [-0.2, 0) is 107 Å². The van der Waals surface area contributed by atoms with Gasteiger partial charge in [-0.2, -0.15) is 0 Å². The Morgan fingerprint density at radius 3 is 0.717 bits per heavy atom. The van der Waals surface area contributed by atoms with Crippen molar-refractivity contribution in [2.75, 3.05) is 0 Å². The molecule has 16 heteroatoms. The van der Waals surface area contributed by atoms with Crippen molar-refractivity contribution in [2.24, 2.45) is 0 Å². The third-order valence-electron chi connectivity index (χ3n) is 8.49. The van der Waals surface area contributed by atoms with Crippen molar-refractivity contribution in [3.05, 3.63) is 0 Å². The molecule has 0 heterocycles. The van der Waals surface area contributed by atoms with Crippen molar-refractivity contribution in [1.82, 2.24) is 0 Å². The Bertz CT molecular complexity index is 751. The van der Waals surface area contributed by atoms with Gasteiger partial charge < -0.3 is 65.0 Å². The van der Waals surface area contributed by atoms with Gasteiger partial charge in [-0.1, -0.05) is 120 Å². The molecule has 0 aromatic carbocycles. The monoisotopic (exact) mass is 902 g/mol. The van der Waals surface area contributed by atoms with Crippen molar-refractivity contribution >= 4 is 89.2 Å². The van der Waals surface area contributed by atoms with Gasteiger partial charge in [0.05, 0.1) is 16.8 Å². The molecule has 0 saturated carbocycles. The van der Waals surface area contributed by atoms with Crippen molar-refractivity contribution in [3.63, 3.8) is 0 Å². The number of hydrogen-bond donors (Lipinski definition) is 0. The summed E-state index contributed by atoms with van der Waals surface area (Å²) in [5.74, 6) is 0. The van der Waals surface area contributed by atoms with Gasteiger partial charge in [-0.25, -0.2) is 0 Å². The van der Waals surface area contributed by atoms with E-state index >= 15 is 0 Å². The minimum Gasteiger partial charge on any atom is -0.819 e. The zero-order valence-electron chi connectivity index (χ0n) is 29.9. The van der Waals surface area contributed by atoms with E-state index in [1.807, 2.05) is 41.5 Å². The SMILES string of the molecule is CCCCCC(CC)(CC)OP([O-])(=S)[S-].CCCCCC(CC)(CC)OP([O-])(=S)[S-].CCCCCC(CC)(CC)OP([O-])(=S)[S-].[Mo+6]. The third-order valence-corrected chi connectivity index (χ3v) is 11.7. The normalized spacial score (nSPS) is 16.0. The van der Waals surface area contributed by atoms with E-state index in [-0.39, 0.29) is 37.9 Å². The first-order chi connectivity index (χ1) is 20.7. The molecule has 46 heavy (non-hydrogen) atoms. The Morgan fingerprint density at radius 2 is 0.609 bits per heavy atom. The van der Waals surface area contributed by atoms with Gasteiger partial charge in [0.1, 0.15) is 0 Å². The first-order valence-electron chi connectivity index (χ1n) is 16.8. The van der Waals surface area contributed by atoms with Crippen LogP contribution in [0.25, 0.3) is 0 Å². The van der Waals surface area contributed by atoms with Gasteiger partial charge in [0.15, 0.2) is 0 Å². The fraction of sp³-hybridized carbons (Fsp3) is 1.00. The van der Waals surface area contributed by atoms with Gasteiger partial charge >= 0.3 is 21.1 Å². The summed E-state index contributed by atoms with van der Waals surface area (Å²) in [6.07, 6.45) is 17.9. The van der Waals surface area contributed by atoms with E-state index in [4.69, 9.17) is 85.7 Å². The molecule has 3 atom stereocenters. The average Bonchev–Trinajstić information content (AvgIpc) is 2.94. The van der Waals surface area contributed by atoms with Crippen molar-refractivity contribution in [1.29, 1.82) is 0 Å². The molecule has 0 aliphatic heterocycles. The van der Waals surface area contributed by atoms with Crippen LogP contribution >= 0.6 is 17.1 Å². The second-order valence-electron chi connectivity index (χ2n) is 11.7. The van der Waals surface area contributed by atoms with Gasteiger partial charge in [0.25, 0.3) is 0 Å². The Hall–Kier alpha value is 3.45. The van der Waals surface area contributed by atoms with Crippen LogP contribution in [0.1, 0.15) is 178 Å². The second-order valence-corrected chi connectivity index (χ2v) is 25.6. The van der Waals surface area contributed by atoms with Crippen LogP contribution in [0.5, 0.6) is 0 Å².